The maximum Gasteiger partial charge on any atom is 0.234 e. The van der Waals surface area contributed by atoms with Gasteiger partial charge in [0.25, 0.3) is 0 Å². The Bertz CT molecular complexity index is 1070. The standard InChI is InChI=1S/C23H26N4O4S/c1-5-13-27-22(16-7-9-17(10-8-16)31-6-2)25-26-23(27)32-15-21(28)24-19-12-11-18(29-3)14-20(19)30-4/h5,7-12,14H,1,6,13,15H2,2-4H3,(H,24,28). The number of nitrogens with zero attached hydrogens (tertiary/aromatic N) is 3. The molecule has 0 unspecified atom stereocenters. The van der Waals surface area contributed by atoms with Gasteiger partial charge in [-0.2, -0.15) is 0 Å². The molecule has 0 aliphatic rings. The molecule has 1 aromatic heterocycles. The SMILES string of the molecule is C=CCn1c(SCC(=O)Nc2ccc(OC)cc2OC)nnc1-c1ccc(OCC)cc1. The van der Waals surface area contributed by atoms with Crippen molar-refractivity contribution < 1.29 is 19.0 Å². The number of hydrogen-bond acceptors (Lipinski definition) is 7. The Kier molecular flexibility index (Phi) is 8.15. The van der Waals surface area contributed by atoms with E-state index in [4.69, 9.17) is 14.2 Å². The molecular formula is C23H26N4O4S. The fourth-order valence-corrected chi connectivity index (χ4v) is 3.74. The van der Waals surface area contributed by atoms with Crippen molar-refractivity contribution in [2.75, 3.05) is 31.9 Å². The van der Waals surface area contributed by atoms with E-state index in [1.165, 1.54) is 11.8 Å². The first-order valence-corrected chi connectivity index (χ1v) is 11.0. The molecule has 3 rings (SSSR count). The molecule has 8 nitrogen and oxygen atoms in total. The number of carbonyl (C=O) groups excluding carboxylic acids is 1. The van der Waals surface area contributed by atoms with Gasteiger partial charge in [-0.05, 0) is 43.3 Å². The number of rotatable bonds is 11. The largest absolute Gasteiger partial charge is 0.497 e. The van der Waals surface area contributed by atoms with Gasteiger partial charge in [0, 0.05) is 18.2 Å². The zero-order chi connectivity index (χ0) is 22.9. The summed E-state index contributed by atoms with van der Waals surface area (Å²) >= 11 is 1.30. The van der Waals surface area contributed by atoms with Crippen LogP contribution >= 0.6 is 11.8 Å². The van der Waals surface area contributed by atoms with Crippen molar-refractivity contribution in [3.05, 3.63) is 55.1 Å². The molecule has 3 aromatic rings. The number of thioether (sulfide) groups is 1. The average Bonchev–Trinajstić information content (AvgIpc) is 3.21. The molecule has 1 N–H and O–H groups in total. The maximum atomic E-state index is 12.5. The molecular weight excluding hydrogens is 428 g/mol. The van der Waals surface area contributed by atoms with Crippen LogP contribution in [-0.2, 0) is 11.3 Å². The molecule has 0 fully saturated rings. The minimum absolute atomic E-state index is 0.160. The number of allylic oxidation sites excluding steroid dienone is 1. The van der Waals surface area contributed by atoms with Crippen LogP contribution in [0.25, 0.3) is 11.4 Å². The van der Waals surface area contributed by atoms with Gasteiger partial charge in [0.05, 0.1) is 32.3 Å². The molecule has 0 aliphatic carbocycles. The van der Waals surface area contributed by atoms with Crippen LogP contribution in [0.4, 0.5) is 5.69 Å². The average molecular weight is 455 g/mol. The predicted molar refractivity (Wildman–Crippen MR) is 126 cm³/mol. The van der Waals surface area contributed by atoms with E-state index in [-0.39, 0.29) is 11.7 Å². The lowest BCUT2D eigenvalue weighted by Gasteiger charge is -2.12. The fourth-order valence-electron chi connectivity index (χ4n) is 2.99. The van der Waals surface area contributed by atoms with Gasteiger partial charge < -0.3 is 19.5 Å². The topological polar surface area (TPSA) is 87.5 Å². The summed E-state index contributed by atoms with van der Waals surface area (Å²) in [5.41, 5.74) is 1.48. The highest BCUT2D eigenvalue weighted by molar-refractivity contribution is 7.99. The number of ether oxygens (including phenoxy) is 3. The zero-order valence-electron chi connectivity index (χ0n) is 18.3. The first-order valence-electron chi connectivity index (χ1n) is 10.0. The van der Waals surface area contributed by atoms with E-state index in [0.29, 0.717) is 41.3 Å². The number of benzene rings is 2. The third-order valence-corrected chi connectivity index (χ3v) is 5.43. The molecule has 0 atom stereocenters. The molecule has 0 saturated carbocycles. The lowest BCUT2D eigenvalue weighted by molar-refractivity contribution is -0.113. The number of amides is 1. The minimum Gasteiger partial charge on any atom is -0.497 e. The van der Waals surface area contributed by atoms with Crippen molar-refractivity contribution >= 4 is 23.4 Å². The second-order valence-corrected chi connectivity index (χ2v) is 7.51. The van der Waals surface area contributed by atoms with E-state index in [9.17, 15) is 4.79 Å². The van der Waals surface area contributed by atoms with Crippen molar-refractivity contribution in [1.29, 1.82) is 0 Å². The monoisotopic (exact) mass is 454 g/mol. The van der Waals surface area contributed by atoms with Gasteiger partial charge in [0.1, 0.15) is 17.2 Å². The van der Waals surface area contributed by atoms with Gasteiger partial charge in [-0.25, -0.2) is 0 Å². The summed E-state index contributed by atoms with van der Waals surface area (Å²) in [6, 6.07) is 12.9. The van der Waals surface area contributed by atoms with E-state index >= 15 is 0 Å². The zero-order valence-corrected chi connectivity index (χ0v) is 19.1. The normalized spacial score (nSPS) is 10.5. The van der Waals surface area contributed by atoms with Crippen LogP contribution in [0.15, 0.2) is 60.3 Å². The third-order valence-electron chi connectivity index (χ3n) is 4.47. The molecule has 1 amide bonds. The first-order chi connectivity index (χ1) is 15.6. The van der Waals surface area contributed by atoms with E-state index in [1.807, 2.05) is 35.8 Å². The van der Waals surface area contributed by atoms with Crippen LogP contribution in [0, 0.1) is 0 Å². The molecule has 2 aromatic carbocycles. The van der Waals surface area contributed by atoms with E-state index in [2.05, 4.69) is 22.1 Å². The van der Waals surface area contributed by atoms with Crippen LogP contribution in [0.3, 0.4) is 0 Å². The van der Waals surface area contributed by atoms with Crippen LogP contribution in [-0.4, -0.2) is 47.3 Å². The Labute approximate surface area is 191 Å². The molecule has 0 bridgehead atoms. The predicted octanol–water partition coefficient (Wildman–Crippen LogP) is 4.28. The summed E-state index contributed by atoms with van der Waals surface area (Å²) in [5.74, 6) is 2.64. The molecule has 9 heteroatoms. The smallest absolute Gasteiger partial charge is 0.234 e. The Morgan fingerprint density at radius 2 is 1.88 bits per heavy atom. The quantitative estimate of drug-likeness (QED) is 0.342. The number of carbonyl (C=O) groups is 1. The van der Waals surface area contributed by atoms with Crippen LogP contribution < -0.4 is 19.5 Å². The second kappa shape index (κ2) is 11.2. The fraction of sp³-hybridized carbons (Fsp3) is 0.261. The molecule has 0 spiro atoms. The van der Waals surface area contributed by atoms with Crippen molar-refractivity contribution in [2.45, 2.75) is 18.6 Å². The molecule has 32 heavy (non-hydrogen) atoms. The molecule has 0 aliphatic heterocycles. The van der Waals surface area contributed by atoms with Gasteiger partial charge >= 0.3 is 0 Å². The summed E-state index contributed by atoms with van der Waals surface area (Å²) in [6.07, 6.45) is 1.77. The van der Waals surface area contributed by atoms with Gasteiger partial charge in [-0.15, -0.1) is 16.8 Å². The van der Waals surface area contributed by atoms with Crippen molar-refractivity contribution in [2.24, 2.45) is 0 Å². The van der Waals surface area contributed by atoms with Gasteiger partial charge in [-0.1, -0.05) is 17.8 Å². The number of hydrogen-bond donors (Lipinski definition) is 1. The lowest BCUT2D eigenvalue weighted by Crippen LogP contribution is -2.15. The minimum atomic E-state index is -0.186. The Morgan fingerprint density at radius 3 is 2.53 bits per heavy atom. The van der Waals surface area contributed by atoms with Crippen LogP contribution in [0.1, 0.15) is 6.92 Å². The number of anilines is 1. The van der Waals surface area contributed by atoms with Crippen molar-refractivity contribution in [3.63, 3.8) is 0 Å². The lowest BCUT2D eigenvalue weighted by atomic mass is 10.2. The molecule has 1 heterocycles. The highest BCUT2D eigenvalue weighted by Gasteiger charge is 2.16. The van der Waals surface area contributed by atoms with Gasteiger partial charge in [-0.3, -0.25) is 9.36 Å². The highest BCUT2D eigenvalue weighted by atomic mass is 32.2. The first kappa shape index (κ1) is 23.2. The maximum absolute atomic E-state index is 12.5. The Hall–Kier alpha value is -3.46. The number of methoxy groups -OCH3 is 2. The summed E-state index contributed by atoms with van der Waals surface area (Å²) in [7, 11) is 3.12. The molecule has 0 saturated heterocycles. The van der Waals surface area contributed by atoms with E-state index in [1.54, 1.807) is 38.5 Å². The Balaban J connectivity index is 1.71. The molecule has 168 valence electrons. The van der Waals surface area contributed by atoms with E-state index in [0.717, 1.165) is 11.3 Å². The third kappa shape index (κ3) is 5.61. The summed E-state index contributed by atoms with van der Waals surface area (Å²) in [6.45, 7) is 6.90. The van der Waals surface area contributed by atoms with Gasteiger partial charge in [0.15, 0.2) is 11.0 Å². The van der Waals surface area contributed by atoms with E-state index < -0.39 is 0 Å². The highest BCUT2D eigenvalue weighted by Crippen LogP contribution is 2.30. The second-order valence-electron chi connectivity index (χ2n) is 6.57. The van der Waals surface area contributed by atoms with Crippen molar-refractivity contribution in [3.8, 4) is 28.6 Å². The summed E-state index contributed by atoms with van der Waals surface area (Å²) in [5, 5.41) is 12.1. The number of aromatic nitrogens is 3. The van der Waals surface area contributed by atoms with Crippen molar-refractivity contribution in [1.82, 2.24) is 14.8 Å². The number of nitrogens with one attached hydrogen (secondary N) is 1. The molecule has 0 radical (unpaired) electrons. The summed E-state index contributed by atoms with van der Waals surface area (Å²) < 4.78 is 17.9. The van der Waals surface area contributed by atoms with Gasteiger partial charge in [0.2, 0.25) is 5.91 Å². The van der Waals surface area contributed by atoms with Crippen LogP contribution in [0.5, 0.6) is 17.2 Å². The Morgan fingerprint density at radius 1 is 1.12 bits per heavy atom. The van der Waals surface area contributed by atoms with Crippen LogP contribution in [0.2, 0.25) is 0 Å². The summed E-state index contributed by atoms with van der Waals surface area (Å²) in [4.78, 5) is 12.5.